The third kappa shape index (κ3) is 3.21. The first-order valence-electron chi connectivity index (χ1n) is 8.29. The van der Waals surface area contributed by atoms with Crippen LogP contribution in [0.1, 0.15) is 30.6 Å². The highest BCUT2D eigenvalue weighted by Gasteiger charge is 2.49. The van der Waals surface area contributed by atoms with Crippen LogP contribution in [0.15, 0.2) is 24.3 Å². The van der Waals surface area contributed by atoms with E-state index >= 15 is 0 Å². The Morgan fingerprint density at radius 3 is 3.04 bits per heavy atom. The van der Waals surface area contributed by atoms with Crippen molar-refractivity contribution in [2.75, 3.05) is 32.9 Å². The highest BCUT2D eigenvalue weighted by molar-refractivity contribution is 5.94. The zero-order chi connectivity index (χ0) is 16.4. The van der Waals surface area contributed by atoms with Crippen LogP contribution >= 0.6 is 0 Å². The van der Waals surface area contributed by atoms with Gasteiger partial charge in [-0.25, -0.2) is 0 Å². The van der Waals surface area contributed by atoms with E-state index in [1.807, 2.05) is 36.9 Å². The van der Waals surface area contributed by atoms with Crippen LogP contribution in [0.5, 0.6) is 5.75 Å². The quantitative estimate of drug-likeness (QED) is 0.921. The summed E-state index contributed by atoms with van der Waals surface area (Å²) in [5, 5.41) is 9.85. The van der Waals surface area contributed by atoms with Crippen LogP contribution in [0.3, 0.4) is 0 Å². The molecular formula is C18H25NO4. The van der Waals surface area contributed by atoms with E-state index in [9.17, 15) is 9.90 Å². The summed E-state index contributed by atoms with van der Waals surface area (Å²) in [5.41, 5.74) is 0.441. The molecule has 2 heterocycles. The minimum Gasteiger partial charge on any atom is -0.491 e. The molecule has 0 aliphatic carbocycles. The number of ether oxygens (including phenoxy) is 2. The molecule has 0 spiro atoms. The van der Waals surface area contributed by atoms with Crippen molar-refractivity contribution in [1.29, 1.82) is 0 Å². The number of hydrogen-bond acceptors (Lipinski definition) is 4. The van der Waals surface area contributed by atoms with Crippen molar-refractivity contribution < 1.29 is 19.4 Å². The summed E-state index contributed by atoms with van der Waals surface area (Å²) in [5.74, 6) is 0.935. The fourth-order valence-electron chi connectivity index (χ4n) is 3.62. The highest BCUT2D eigenvalue weighted by Crippen LogP contribution is 2.42. The Hall–Kier alpha value is -1.59. The molecule has 1 aromatic rings. The van der Waals surface area contributed by atoms with Gasteiger partial charge >= 0.3 is 0 Å². The molecule has 0 bridgehead atoms. The molecule has 5 nitrogen and oxygen atoms in total. The van der Waals surface area contributed by atoms with Gasteiger partial charge in [-0.2, -0.15) is 0 Å². The number of rotatable bonds is 4. The third-order valence-corrected chi connectivity index (χ3v) is 4.93. The van der Waals surface area contributed by atoms with Crippen LogP contribution in [-0.2, 0) is 4.74 Å². The molecule has 5 heteroatoms. The maximum atomic E-state index is 12.8. The number of fused-ring (bicyclic) bond motifs is 1. The number of nitrogens with zero attached hydrogens (tertiary/aromatic N) is 1. The maximum absolute atomic E-state index is 12.8. The van der Waals surface area contributed by atoms with Crippen LogP contribution in [0.25, 0.3) is 0 Å². The molecule has 0 radical (unpaired) electrons. The molecule has 1 aromatic carbocycles. The summed E-state index contributed by atoms with van der Waals surface area (Å²) >= 11 is 0. The predicted octanol–water partition coefficient (Wildman–Crippen LogP) is 1.94. The lowest BCUT2D eigenvalue weighted by Crippen LogP contribution is -2.41. The lowest BCUT2D eigenvalue weighted by Gasteiger charge is -2.36. The number of aliphatic hydroxyl groups is 1. The molecule has 2 aliphatic heterocycles. The zero-order valence-electron chi connectivity index (χ0n) is 13.8. The van der Waals surface area contributed by atoms with E-state index in [-0.39, 0.29) is 30.0 Å². The second-order valence-electron chi connectivity index (χ2n) is 6.92. The molecule has 2 fully saturated rings. The largest absolute Gasteiger partial charge is 0.491 e. The Morgan fingerprint density at radius 2 is 2.35 bits per heavy atom. The Bertz CT molecular complexity index is 574. The Labute approximate surface area is 137 Å². The summed E-state index contributed by atoms with van der Waals surface area (Å²) in [6.45, 7) is 6.58. The molecule has 2 saturated heterocycles. The van der Waals surface area contributed by atoms with Gasteiger partial charge in [0.1, 0.15) is 5.75 Å². The van der Waals surface area contributed by atoms with Crippen molar-refractivity contribution in [3.8, 4) is 5.75 Å². The standard InChI is InChI=1S/C18H25NO4/c1-13(2)23-16-5-3-4-14(8-16)17(21)19-9-15-10-22-7-6-18(15,11-19)12-20/h3-5,8,13,15,20H,6-7,9-12H2,1-2H3/t15-,18-/m1/s1. The normalized spacial score (nSPS) is 27.1. The molecular weight excluding hydrogens is 294 g/mol. The summed E-state index contributed by atoms with van der Waals surface area (Å²) in [6, 6.07) is 7.33. The molecule has 0 saturated carbocycles. The number of aliphatic hydroxyl groups excluding tert-OH is 1. The first-order valence-corrected chi connectivity index (χ1v) is 8.29. The van der Waals surface area contributed by atoms with Gasteiger partial charge in [-0.1, -0.05) is 6.07 Å². The summed E-state index contributed by atoms with van der Waals surface area (Å²) < 4.78 is 11.2. The van der Waals surface area contributed by atoms with Gasteiger partial charge in [0.25, 0.3) is 5.91 Å². The van der Waals surface area contributed by atoms with E-state index in [4.69, 9.17) is 9.47 Å². The number of hydrogen-bond donors (Lipinski definition) is 1. The number of carbonyl (C=O) groups excluding carboxylic acids is 1. The van der Waals surface area contributed by atoms with Gasteiger partial charge in [-0.15, -0.1) is 0 Å². The summed E-state index contributed by atoms with van der Waals surface area (Å²) in [7, 11) is 0. The van der Waals surface area contributed by atoms with Gasteiger partial charge in [-0.3, -0.25) is 4.79 Å². The lowest BCUT2D eigenvalue weighted by atomic mass is 9.75. The molecule has 126 valence electrons. The van der Waals surface area contributed by atoms with Crippen molar-refractivity contribution in [2.24, 2.45) is 11.3 Å². The molecule has 0 unspecified atom stereocenters. The van der Waals surface area contributed by atoms with E-state index in [2.05, 4.69) is 0 Å². The Morgan fingerprint density at radius 1 is 1.52 bits per heavy atom. The minimum atomic E-state index is -0.194. The number of carbonyl (C=O) groups is 1. The van der Waals surface area contributed by atoms with Gasteiger partial charge in [-0.05, 0) is 38.5 Å². The Balaban J connectivity index is 1.76. The molecule has 2 atom stereocenters. The van der Waals surface area contributed by atoms with Crippen molar-refractivity contribution in [2.45, 2.75) is 26.4 Å². The van der Waals surface area contributed by atoms with Gasteiger partial charge in [0, 0.05) is 36.6 Å². The SMILES string of the molecule is CC(C)Oc1cccc(C(=O)N2C[C@@H]3COCC[C@]3(CO)C2)c1. The molecule has 3 rings (SSSR count). The first-order chi connectivity index (χ1) is 11.0. The summed E-state index contributed by atoms with van der Waals surface area (Å²) in [4.78, 5) is 14.7. The van der Waals surface area contributed by atoms with Gasteiger partial charge < -0.3 is 19.5 Å². The third-order valence-electron chi connectivity index (χ3n) is 4.93. The monoisotopic (exact) mass is 319 g/mol. The fraction of sp³-hybridized carbons (Fsp3) is 0.611. The smallest absolute Gasteiger partial charge is 0.254 e. The van der Waals surface area contributed by atoms with Gasteiger partial charge in [0.2, 0.25) is 0 Å². The molecule has 1 N–H and O–H groups in total. The van der Waals surface area contributed by atoms with Crippen molar-refractivity contribution >= 4 is 5.91 Å². The van der Waals surface area contributed by atoms with Crippen LogP contribution in [0, 0.1) is 11.3 Å². The van der Waals surface area contributed by atoms with Gasteiger partial charge in [0.15, 0.2) is 0 Å². The Kier molecular flexibility index (Phi) is 4.60. The number of benzene rings is 1. The van der Waals surface area contributed by atoms with Crippen molar-refractivity contribution in [3.63, 3.8) is 0 Å². The fourth-order valence-corrected chi connectivity index (χ4v) is 3.62. The number of amides is 1. The topological polar surface area (TPSA) is 59.0 Å². The highest BCUT2D eigenvalue weighted by atomic mass is 16.5. The first kappa shape index (κ1) is 16.3. The van der Waals surface area contributed by atoms with Gasteiger partial charge in [0.05, 0.1) is 19.3 Å². The van der Waals surface area contributed by atoms with Crippen LogP contribution < -0.4 is 4.74 Å². The van der Waals surface area contributed by atoms with Crippen LogP contribution in [0.2, 0.25) is 0 Å². The van der Waals surface area contributed by atoms with E-state index in [1.54, 1.807) is 6.07 Å². The van der Waals surface area contributed by atoms with E-state index in [0.29, 0.717) is 37.6 Å². The second kappa shape index (κ2) is 6.49. The van der Waals surface area contributed by atoms with E-state index < -0.39 is 0 Å². The second-order valence-corrected chi connectivity index (χ2v) is 6.92. The number of likely N-dealkylation sites (tertiary alicyclic amines) is 1. The van der Waals surface area contributed by atoms with Crippen molar-refractivity contribution in [1.82, 2.24) is 4.90 Å². The van der Waals surface area contributed by atoms with Crippen molar-refractivity contribution in [3.05, 3.63) is 29.8 Å². The average Bonchev–Trinajstić information content (AvgIpc) is 2.94. The predicted molar refractivity (Wildman–Crippen MR) is 86.6 cm³/mol. The van der Waals surface area contributed by atoms with E-state index in [0.717, 1.165) is 6.42 Å². The van der Waals surface area contributed by atoms with E-state index in [1.165, 1.54) is 0 Å². The zero-order valence-corrected chi connectivity index (χ0v) is 13.8. The van der Waals surface area contributed by atoms with Crippen LogP contribution in [-0.4, -0.2) is 54.9 Å². The summed E-state index contributed by atoms with van der Waals surface area (Å²) in [6.07, 6.45) is 0.888. The molecule has 23 heavy (non-hydrogen) atoms. The van der Waals surface area contributed by atoms with Crippen LogP contribution in [0.4, 0.5) is 0 Å². The lowest BCUT2D eigenvalue weighted by molar-refractivity contribution is -0.0415. The maximum Gasteiger partial charge on any atom is 0.254 e. The minimum absolute atomic E-state index is 0.00133. The molecule has 2 aliphatic rings. The average molecular weight is 319 g/mol. The molecule has 0 aromatic heterocycles. The molecule has 1 amide bonds.